The summed E-state index contributed by atoms with van der Waals surface area (Å²) in [5, 5.41) is 3.21. The summed E-state index contributed by atoms with van der Waals surface area (Å²) < 4.78 is 33.0. The van der Waals surface area contributed by atoms with Gasteiger partial charge in [-0.3, -0.25) is 9.59 Å². The molecule has 1 aliphatic rings. The third-order valence-corrected chi connectivity index (χ3v) is 7.00. The van der Waals surface area contributed by atoms with Crippen molar-refractivity contribution in [3.05, 3.63) is 58.6 Å². The number of sulfonamides is 1. The van der Waals surface area contributed by atoms with Crippen molar-refractivity contribution in [2.24, 2.45) is 0 Å². The van der Waals surface area contributed by atoms with Crippen molar-refractivity contribution >= 4 is 39.1 Å². The maximum atomic E-state index is 13.1. The molecule has 0 bridgehead atoms. The van der Waals surface area contributed by atoms with Crippen molar-refractivity contribution in [2.75, 3.05) is 31.1 Å². The molecule has 2 N–H and O–H groups in total. The SMILES string of the molecule is Cc1ccc(N(CC(=O)NCC2CCCO2)C(=O)CNS(=O)(=O)c2ccc(Cl)cc2)c(C)c1. The van der Waals surface area contributed by atoms with Gasteiger partial charge in [-0.05, 0) is 62.6 Å². The van der Waals surface area contributed by atoms with Crippen molar-refractivity contribution in [2.45, 2.75) is 37.7 Å². The van der Waals surface area contributed by atoms with Crippen LogP contribution in [-0.2, 0) is 24.3 Å². The Morgan fingerprint density at radius 1 is 1.15 bits per heavy atom. The largest absolute Gasteiger partial charge is 0.376 e. The standard InChI is InChI=1S/C23H28ClN3O5S/c1-16-5-10-21(17(2)12-16)27(15-22(28)25-13-19-4-3-11-32-19)23(29)14-26-33(30,31)20-8-6-18(24)7-9-20/h5-10,12,19,26H,3-4,11,13-15H2,1-2H3,(H,25,28). The Morgan fingerprint density at radius 3 is 2.52 bits per heavy atom. The van der Waals surface area contributed by atoms with Gasteiger partial charge in [-0.15, -0.1) is 0 Å². The number of anilines is 1. The highest BCUT2D eigenvalue weighted by Gasteiger charge is 2.24. The summed E-state index contributed by atoms with van der Waals surface area (Å²) in [4.78, 5) is 27.0. The van der Waals surface area contributed by atoms with Gasteiger partial charge >= 0.3 is 0 Å². The van der Waals surface area contributed by atoms with E-state index in [1.807, 2.05) is 26.0 Å². The van der Waals surface area contributed by atoms with Gasteiger partial charge < -0.3 is 15.0 Å². The number of hydrogen-bond acceptors (Lipinski definition) is 5. The van der Waals surface area contributed by atoms with Gasteiger partial charge in [-0.1, -0.05) is 29.3 Å². The molecule has 10 heteroatoms. The van der Waals surface area contributed by atoms with E-state index >= 15 is 0 Å². The van der Waals surface area contributed by atoms with Crippen LogP contribution >= 0.6 is 11.6 Å². The fourth-order valence-electron chi connectivity index (χ4n) is 3.60. The van der Waals surface area contributed by atoms with Crippen LogP contribution in [0.25, 0.3) is 0 Å². The predicted molar refractivity (Wildman–Crippen MR) is 127 cm³/mol. The number of ether oxygens (including phenoxy) is 1. The molecule has 33 heavy (non-hydrogen) atoms. The first-order valence-electron chi connectivity index (χ1n) is 10.7. The molecule has 1 atom stereocenters. The Bertz CT molecular complexity index is 1100. The summed E-state index contributed by atoms with van der Waals surface area (Å²) in [6.45, 7) is 4.08. The first kappa shape index (κ1) is 25.2. The molecule has 1 fully saturated rings. The van der Waals surface area contributed by atoms with Crippen molar-refractivity contribution in [3.8, 4) is 0 Å². The summed E-state index contributed by atoms with van der Waals surface area (Å²) in [5.41, 5.74) is 2.36. The second-order valence-electron chi connectivity index (χ2n) is 7.99. The van der Waals surface area contributed by atoms with Crippen LogP contribution in [0.2, 0.25) is 5.02 Å². The molecule has 1 unspecified atom stereocenters. The zero-order chi connectivity index (χ0) is 24.0. The van der Waals surface area contributed by atoms with E-state index in [4.69, 9.17) is 16.3 Å². The number of carbonyl (C=O) groups is 2. The van der Waals surface area contributed by atoms with Crippen molar-refractivity contribution in [1.29, 1.82) is 0 Å². The van der Waals surface area contributed by atoms with E-state index < -0.39 is 22.5 Å². The van der Waals surface area contributed by atoms with Crippen molar-refractivity contribution in [1.82, 2.24) is 10.0 Å². The molecule has 2 amide bonds. The number of amides is 2. The molecular formula is C23H28ClN3O5S. The minimum absolute atomic E-state index is 0.00734. The molecule has 1 heterocycles. The van der Waals surface area contributed by atoms with E-state index in [9.17, 15) is 18.0 Å². The number of carbonyl (C=O) groups excluding carboxylic acids is 2. The number of halogens is 1. The molecule has 178 valence electrons. The maximum Gasteiger partial charge on any atom is 0.242 e. The molecule has 0 saturated carbocycles. The highest BCUT2D eigenvalue weighted by Crippen LogP contribution is 2.22. The van der Waals surface area contributed by atoms with Crippen LogP contribution in [0.5, 0.6) is 0 Å². The summed E-state index contributed by atoms with van der Waals surface area (Å²) in [7, 11) is -3.93. The Hall–Kier alpha value is -2.46. The lowest BCUT2D eigenvalue weighted by molar-refractivity contribution is -0.123. The van der Waals surface area contributed by atoms with E-state index in [1.165, 1.54) is 29.2 Å². The Morgan fingerprint density at radius 2 is 1.88 bits per heavy atom. The van der Waals surface area contributed by atoms with E-state index in [0.29, 0.717) is 23.9 Å². The molecule has 8 nitrogen and oxygen atoms in total. The lowest BCUT2D eigenvalue weighted by Crippen LogP contribution is -2.46. The number of hydrogen-bond donors (Lipinski definition) is 2. The van der Waals surface area contributed by atoms with Crippen molar-refractivity contribution < 1.29 is 22.7 Å². The number of rotatable bonds is 9. The summed E-state index contributed by atoms with van der Waals surface area (Å²) in [6, 6.07) is 11.1. The molecular weight excluding hydrogens is 466 g/mol. The van der Waals surface area contributed by atoms with Crippen molar-refractivity contribution in [3.63, 3.8) is 0 Å². The zero-order valence-electron chi connectivity index (χ0n) is 18.6. The topological polar surface area (TPSA) is 105 Å². The average Bonchev–Trinajstić information content (AvgIpc) is 3.29. The van der Waals surface area contributed by atoms with Crippen LogP contribution in [0.3, 0.4) is 0 Å². The third-order valence-electron chi connectivity index (χ3n) is 5.33. The first-order chi connectivity index (χ1) is 15.7. The fraction of sp³-hybridized carbons (Fsp3) is 0.391. The van der Waals surface area contributed by atoms with Gasteiger partial charge in [0.15, 0.2) is 0 Å². The molecule has 2 aromatic rings. The molecule has 2 aromatic carbocycles. The quantitative estimate of drug-likeness (QED) is 0.558. The van der Waals surface area contributed by atoms with Gasteiger partial charge in [-0.2, -0.15) is 0 Å². The van der Waals surface area contributed by atoms with Crippen LogP contribution < -0.4 is 14.9 Å². The average molecular weight is 494 g/mol. The van der Waals surface area contributed by atoms with Crippen LogP contribution in [0.1, 0.15) is 24.0 Å². The van der Waals surface area contributed by atoms with Gasteiger partial charge in [0.25, 0.3) is 0 Å². The highest BCUT2D eigenvalue weighted by molar-refractivity contribution is 7.89. The minimum atomic E-state index is -3.93. The first-order valence-corrected chi connectivity index (χ1v) is 12.5. The summed E-state index contributed by atoms with van der Waals surface area (Å²) in [5.74, 6) is -0.897. The molecule has 1 aliphatic heterocycles. The molecule has 0 aromatic heterocycles. The van der Waals surface area contributed by atoms with E-state index in [1.54, 1.807) is 6.07 Å². The van der Waals surface area contributed by atoms with Crippen LogP contribution in [0.15, 0.2) is 47.4 Å². The van der Waals surface area contributed by atoms with Gasteiger partial charge in [0.2, 0.25) is 21.8 Å². The molecule has 0 radical (unpaired) electrons. The Labute approximate surface area is 199 Å². The van der Waals surface area contributed by atoms with Gasteiger partial charge in [-0.25, -0.2) is 13.1 Å². The second-order valence-corrected chi connectivity index (χ2v) is 10.2. The minimum Gasteiger partial charge on any atom is -0.376 e. The van der Waals surface area contributed by atoms with E-state index in [-0.39, 0.29) is 23.5 Å². The maximum absolute atomic E-state index is 13.1. The third kappa shape index (κ3) is 7.01. The van der Waals surface area contributed by atoms with Gasteiger partial charge in [0.05, 0.1) is 17.5 Å². The molecule has 0 spiro atoms. The van der Waals surface area contributed by atoms with Gasteiger partial charge in [0, 0.05) is 23.9 Å². The number of nitrogens with zero attached hydrogens (tertiary/aromatic N) is 1. The lowest BCUT2D eigenvalue weighted by Gasteiger charge is -2.25. The summed E-state index contributed by atoms with van der Waals surface area (Å²) in [6.07, 6.45) is 1.82. The number of benzene rings is 2. The van der Waals surface area contributed by atoms with Crippen LogP contribution in [0, 0.1) is 13.8 Å². The smallest absolute Gasteiger partial charge is 0.242 e. The normalized spacial score (nSPS) is 15.9. The zero-order valence-corrected chi connectivity index (χ0v) is 20.2. The fourth-order valence-corrected chi connectivity index (χ4v) is 4.70. The molecule has 1 saturated heterocycles. The summed E-state index contributed by atoms with van der Waals surface area (Å²) >= 11 is 5.82. The number of aryl methyl sites for hydroxylation is 2. The predicted octanol–water partition coefficient (Wildman–Crippen LogP) is 2.56. The highest BCUT2D eigenvalue weighted by atomic mass is 35.5. The van der Waals surface area contributed by atoms with E-state index in [2.05, 4.69) is 10.0 Å². The Balaban J connectivity index is 1.72. The van der Waals surface area contributed by atoms with E-state index in [0.717, 1.165) is 24.0 Å². The second kappa shape index (κ2) is 11.1. The van der Waals surface area contributed by atoms with Gasteiger partial charge in [0.1, 0.15) is 6.54 Å². The molecule has 0 aliphatic carbocycles. The lowest BCUT2D eigenvalue weighted by atomic mass is 10.1. The Kier molecular flexibility index (Phi) is 8.47. The molecule has 3 rings (SSSR count). The van der Waals surface area contributed by atoms with Crippen LogP contribution in [-0.4, -0.2) is 52.6 Å². The monoisotopic (exact) mass is 493 g/mol. The number of nitrogens with one attached hydrogen (secondary N) is 2. The van der Waals surface area contributed by atoms with Crippen LogP contribution in [0.4, 0.5) is 5.69 Å².